The van der Waals surface area contributed by atoms with Crippen molar-refractivity contribution in [2.75, 3.05) is 13.2 Å². The summed E-state index contributed by atoms with van der Waals surface area (Å²) in [5, 5.41) is 0. The number of aliphatic imine (C=N–C) groups is 1. The number of nitrogens with zero attached hydrogens (tertiary/aromatic N) is 1. The van der Waals surface area contributed by atoms with Gasteiger partial charge in [0.15, 0.2) is 0 Å². The molecule has 0 radical (unpaired) electrons. The van der Waals surface area contributed by atoms with E-state index in [-0.39, 0.29) is 42.7 Å². The average Bonchev–Trinajstić information content (AvgIpc) is 2.17. The van der Waals surface area contributed by atoms with Gasteiger partial charge in [0.2, 0.25) is 10.4 Å². The Hall–Kier alpha value is -0.240. The van der Waals surface area contributed by atoms with Gasteiger partial charge in [0.05, 0.1) is 13.2 Å². The zero-order chi connectivity index (χ0) is 11.1. The second-order valence-electron chi connectivity index (χ2n) is 2.68. The molecule has 0 amide bonds. The number of benzene rings is 1. The topological polar surface area (TPSA) is 78.8 Å². The van der Waals surface area contributed by atoms with Crippen molar-refractivity contribution in [3.05, 3.63) is 35.9 Å². The van der Waals surface area contributed by atoms with Gasteiger partial charge in [0.25, 0.3) is 0 Å². The van der Waals surface area contributed by atoms with Crippen molar-refractivity contribution in [1.29, 1.82) is 0 Å². The molecule has 0 aliphatic carbocycles. The Morgan fingerprint density at radius 2 is 1.94 bits per heavy atom. The molecule has 16 heavy (non-hydrogen) atoms. The standard InChI is InChI=1S/C9H11NO4S.Na/c11-15(12,13)14-7-6-10-8-9-4-2-1-3-5-9;/h1-5,8H,6-7H2,(H,11,12,13);/q;+1/p-1. The molecular weight excluding hydrogens is 241 g/mol. The fourth-order valence-corrected chi connectivity index (χ4v) is 1.18. The van der Waals surface area contributed by atoms with Crippen LogP contribution in [0, 0.1) is 0 Å². The minimum atomic E-state index is -4.59. The summed E-state index contributed by atoms with van der Waals surface area (Å²) in [4.78, 5) is 3.89. The molecule has 0 bridgehead atoms. The molecule has 1 aromatic rings. The molecule has 0 atom stereocenters. The number of hydrogen-bond acceptors (Lipinski definition) is 5. The second-order valence-corrected chi connectivity index (χ2v) is 3.73. The quantitative estimate of drug-likeness (QED) is 0.192. The maximum absolute atomic E-state index is 10.0. The van der Waals surface area contributed by atoms with Crippen LogP contribution in [0.5, 0.6) is 0 Å². The molecule has 0 aliphatic rings. The van der Waals surface area contributed by atoms with Crippen LogP contribution < -0.4 is 29.6 Å². The van der Waals surface area contributed by atoms with Gasteiger partial charge in [-0.3, -0.25) is 9.18 Å². The van der Waals surface area contributed by atoms with E-state index in [1.165, 1.54) is 0 Å². The largest absolute Gasteiger partial charge is 1.00 e. The van der Waals surface area contributed by atoms with Gasteiger partial charge in [-0.15, -0.1) is 0 Å². The van der Waals surface area contributed by atoms with Gasteiger partial charge in [0, 0.05) is 6.21 Å². The van der Waals surface area contributed by atoms with Crippen LogP contribution in [0.4, 0.5) is 0 Å². The number of rotatable bonds is 5. The molecule has 1 aromatic carbocycles. The fourth-order valence-electron chi connectivity index (χ4n) is 0.901. The van der Waals surface area contributed by atoms with Crippen LogP contribution in [0.15, 0.2) is 35.3 Å². The third-order valence-corrected chi connectivity index (χ3v) is 1.94. The normalized spacial score (nSPS) is 11.3. The van der Waals surface area contributed by atoms with Crippen molar-refractivity contribution in [1.82, 2.24) is 0 Å². The summed E-state index contributed by atoms with van der Waals surface area (Å²) in [7, 11) is -4.59. The van der Waals surface area contributed by atoms with E-state index in [1.54, 1.807) is 6.21 Å². The first-order valence-corrected chi connectivity index (χ1v) is 5.56. The maximum Gasteiger partial charge on any atom is 1.00 e. The summed E-state index contributed by atoms with van der Waals surface area (Å²) in [6.07, 6.45) is 1.58. The van der Waals surface area contributed by atoms with Crippen LogP contribution in [-0.2, 0) is 14.6 Å². The molecule has 1 rings (SSSR count). The van der Waals surface area contributed by atoms with Crippen molar-refractivity contribution < 1.29 is 46.7 Å². The Morgan fingerprint density at radius 1 is 1.31 bits per heavy atom. The predicted octanol–water partition coefficient (Wildman–Crippen LogP) is -2.41. The Bertz CT molecular complexity index is 418. The van der Waals surface area contributed by atoms with Gasteiger partial charge in [-0.1, -0.05) is 30.3 Å². The minimum absolute atomic E-state index is 0. The SMILES string of the molecule is O=S(=O)([O-])OCCN=Cc1ccccc1.[Na+]. The molecule has 7 heteroatoms. The van der Waals surface area contributed by atoms with Crippen molar-refractivity contribution in [3.8, 4) is 0 Å². The second kappa shape index (κ2) is 7.94. The van der Waals surface area contributed by atoms with Gasteiger partial charge in [-0.25, -0.2) is 8.42 Å². The molecule has 0 spiro atoms. The van der Waals surface area contributed by atoms with E-state index in [2.05, 4.69) is 9.18 Å². The van der Waals surface area contributed by atoms with Gasteiger partial charge < -0.3 is 4.55 Å². The Kier molecular flexibility index (Phi) is 7.82. The fraction of sp³-hybridized carbons (Fsp3) is 0.222. The molecule has 0 fully saturated rings. The van der Waals surface area contributed by atoms with Crippen molar-refractivity contribution in [2.45, 2.75) is 0 Å². The molecular formula is C9H10NNaO4S. The van der Waals surface area contributed by atoms with Crippen LogP contribution >= 0.6 is 0 Å². The van der Waals surface area contributed by atoms with Gasteiger partial charge in [-0.05, 0) is 5.56 Å². The zero-order valence-electron chi connectivity index (χ0n) is 8.87. The first kappa shape index (κ1) is 15.8. The molecule has 0 aromatic heterocycles. The Labute approximate surface area is 117 Å². The van der Waals surface area contributed by atoms with E-state index < -0.39 is 10.4 Å². The first-order valence-electron chi connectivity index (χ1n) is 4.23. The number of hydrogen-bond donors (Lipinski definition) is 0. The summed E-state index contributed by atoms with van der Waals surface area (Å²) in [5.41, 5.74) is 0.905. The van der Waals surface area contributed by atoms with E-state index in [0.717, 1.165) is 5.56 Å². The van der Waals surface area contributed by atoms with Gasteiger partial charge in [0.1, 0.15) is 0 Å². The monoisotopic (exact) mass is 251 g/mol. The van der Waals surface area contributed by atoms with Crippen LogP contribution in [0.2, 0.25) is 0 Å². The van der Waals surface area contributed by atoms with E-state index >= 15 is 0 Å². The Morgan fingerprint density at radius 3 is 2.50 bits per heavy atom. The molecule has 0 heterocycles. The molecule has 82 valence electrons. The van der Waals surface area contributed by atoms with Crippen LogP contribution in [0.3, 0.4) is 0 Å². The van der Waals surface area contributed by atoms with Crippen molar-refractivity contribution in [2.24, 2.45) is 4.99 Å². The van der Waals surface area contributed by atoms with E-state index in [1.807, 2.05) is 30.3 Å². The summed E-state index contributed by atoms with van der Waals surface area (Å²) in [6, 6.07) is 9.31. The molecule has 0 aliphatic heterocycles. The molecule has 0 saturated carbocycles. The third-order valence-electron chi connectivity index (χ3n) is 1.49. The third kappa shape index (κ3) is 7.98. The smallest absolute Gasteiger partial charge is 0.726 e. The van der Waals surface area contributed by atoms with E-state index in [9.17, 15) is 13.0 Å². The Balaban J connectivity index is 0.00000225. The summed E-state index contributed by atoms with van der Waals surface area (Å²) >= 11 is 0. The van der Waals surface area contributed by atoms with Gasteiger partial charge in [-0.2, -0.15) is 0 Å². The summed E-state index contributed by atoms with van der Waals surface area (Å²) < 4.78 is 34.1. The van der Waals surface area contributed by atoms with Crippen LogP contribution in [0.1, 0.15) is 5.56 Å². The molecule has 0 unspecified atom stereocenters. The molecule has 5 nitrogen and oxygen atoms in total. The van der Waals surface area contributed by atoms with Gasteiger partial charge >= 0.3 is 29.6 Å². The van der Waals surface area contributed by atoms with E-state index in [0.29, 0.717) is 0 Å². The average molecular weight is 251 g/mol. The van der Waals surface area contributed by atoms with Crippen molar-refractivity contribution in [3.63, 3.8) is 0 Å². The first-order chi connectivity index (χ1) is 7.08. The van der Waals surface area contributed by atoms with E-state index in [4.69, 9.17) is 0 Å². The summed E-state index contributed by atoms with van der Waals surface area (Å²) in [6.45, 7) is -0.0917. The molecule has 0 N–H and O–H groups in total. The van der Waals surface area contributed by atoms with Crippen molar-refractivity contribution >= 4 is 16.6 Å². The maximum atomic E-state index is 10.0. The minimum Gasteiger partial charge on any atom is -0.726 e. The predicted molar refractivity (Wildman–Crippen MR) is 54.6 cm³/mol. The zero-order valence-corrected chi connectivity index (χ0v) is 11.7. The van der Waals surface area contributed by atoms with Crippen LogP contribution in [-0.4, -0.2) is 32.3 Å². The molecule has 0 saturated heterocycles. The van der Waals surface area contributed by atoms with Crippen LogP contribution in [0.25, 0.3) is 0 Å². The summed E-state index contributed by atoms with van der Waals surface area (Å²) in [5.74, 6) is 0.